The summed E-state index contributed by atoms with van der Waals surface area (Å²) in [4.78, 5) is 25.6. The van der Waals surface area contributed by atoms with E-state index in [1.807, 2.05) is 4.90 Å². The summed E-state index contributed by atoms with van der Waals surface area (Å²) in [6.45, 7) is 2.38. The fourth-order valence-electron chi connectivity index (χ4n) is 2.87. The van der Waals surface area contributed by atoms with Gasteiger partial charge in [-0.2, -0.15) is 0 Å². The number of carbonyl (C=O) groups is 2. The van der Waals surface area contributed by atoms with Gasteiger partial charge in [-0.15, -0.1) is 0 Å². The van der Waals surface area contributed by atoms with E-state index in [4.69, 9.17) is 9.84 Å². The number of carbonyl (C=O) groups excluding carboxylic acids is 1. The molecule has 25 heavy (non-hydrogen) atoms. The van der Waals surface area contributed by atoms with Crippen molar-refractivity contribution in [1.29, 1.82) is 0 Å². The summed E-state index contributed by atoms with van der Waals surface area (Å²) in [5.41, 5.74) is 0.615. The average molecular weight is 350 g/mol. The Morgan fingerprint density at radius 1 is 1.36 bits per heavy atom. The van der Waals surface area contributed by atoms with E-state index in [0.29, 0.717) is 18.7 Å². The third-order valence-corrected chi connectivity index (χ3v) is 4.17. The maximum atomic E-state index is 14.3. The molecule has 0 aromatic heterocycles. The summed E-state index contributed by atoms with van der Waals surface area (Å²) in [5.74, 6) is -2.59. The van der Waals surface area contributed by atoms with E-state index in [1.54, 1.807) is 6.07 Å². The zero-order valence-electron chi connectivity index (χ0n) is 13.5. The fraction of sp³-hybridized carbons (Fsp3) is 0.412. The Kier molecular flexibility index (Phi) is 5.12. The molecule has 1 atom stereocenters. The van der Waals surface area contributed by atoms with Gasteiger partial charge in [0.2, 0.25) is 5.78 Å². The molecule has 8 heteroatoms. The number of fused-ring (bicyclic) bond motifs is 1. The standard InChI is InChI=1S/C17H19FN2O5/c18-13-7-11-10(8-14(13)19-1-5-25-6-4-21)15(20-2-3-20)9-12(16(11)22)17(23)24/h7-9,15,19,21H,1-6H2,(H,23,24). The Bertz CT molecular complexity index is 730. The van der Waals surface area contributed by atoms with E-state index in [1.165, 1.54) is 6.08 Å². The van der Waals surface area contributed by atoms with Gasteiger partial charge in [-0.05, 0) is 23.8 Å². The van der Waals surface area contributed by atoms with Gasteiger partial charge in [-0.1, -0.05) is 0 Å². The van der Waals surface area contributed by atoms with Gasteiger partial charge in [0.15, 0.2) is 0 Å². The molecule has 1 saturated heterocycles. The Balaban J connectivity index is 1.85. The van der Waals surface area contributed by atoms with Crippen LogP contribution < -0.4 is 5.32 Å². The predicted molar refractivity (Wildman–Crippen MR) is 87.2 cm³/mol. The molecule has 1 fully saturated rings. The highest BCUT2D eigenvalue weighted by atomic mass is 19.1. The van der Waals surface area contributed by atoms with E-state index < -0.39 is 17.6 Å². The maximum Gasteiger partial charge on any atom is 0.339 e. The molecular weight excluding hydrogens is 331 g/mol. The lowest BCUT2D eigenvalue weighted by Crippen LogP contribution is -2.25. The molecule has 1 heterocycles. The maximum absolute atomic E-state index is 14.3. The monoisotopic (exact) mass is 350 g/mol. The van der Waals surface area contributed by atoms with Gasteiger partial charge in [0.1, 0.15) is 11.4 Å². The minimum atomic E-state index is -1.30. The van der Waals surface area contributed by atoms with Crippen LogP contribution in [0.1, 0.15) is 22.0 Å². The van der Waals surface area contributed by atoms with Gasteiger partial charge in [0.05, 0.1) is 31.5 Å². The zero-order valence-corrected chi connectivity index (χ0v) is 13.5. The highest BCUT2D eigenvalue weighted by Crippen LogP contribution is 2.38. The SMILES string of the molecule is O=C(O)C1=CC(N2CC2)c2cc(NCCOCCO)c(F)cc2C1=O. The Morgan fingerprint density at radius 2 is 2.12 bits per heavy atom. The minimum absolute atomic E-state index is 0.0783. The number of nitrogens with one attached hydrogen (secondary N) is 1. The van der Waals surface area contributed by atoms with Gasteiger partial charge < -0.3 is 20.3 Å². The smallest absolute Gasteiger partial charge is 0.339 e. The van der Waals surface area contributed by atoms with Crippen molar-refractivity contribution in [2.45, 2.75) is 6.04 Å². The van der Waals surface area contributed by atoms with Gasteiger partial charge in [-0.25, -0.2) is 9.18 Å². The number of aliphatic carboxylic acids is 1. The number of ketones is 1. The molecule has 0 radical (unpaired) electrons. The molecule has 1 unspecified atom stereocenters. The Labute approximate surface area is 143 Å². The number of anilines is 1. The van der Waals surface area contributed by atoms with Crippen LogP contribution in [0.25, 0.3) is 0 Å². The molecule has 3 rings (SSSR count). The second kappa shape index (κ2) is 7.30. The average Bonchev–Trinajstić information content (AvgIpc) is 3.40. The summed E-state index contributed by atoms with van der Waals surface area (Å²) < 4.78 is 19.4. The topological polar surface area (TPSA) is 98.9 Å². The second-order valence-electron chi connectivity index (χ2n) is 5.88. The molecule has 0 spiro atoms. The molecule has 1 aromatic carbocycles. The summed E-state index contributed by atoms with van der Waals surface area (Å²) >= 11 is 0. The van der Waals surface area contributed by atoms with Crippen molar-refractivity contribution >= 4 is 17.4 Å². The molecule has 0 bridgehead atoms. The quantitative estimate of drug-likeness (QED) is 0.362. The first-order valence-electron chi connectivity index (χ1n) is 8.02. The van der Waals surface area contributed by atoms with Crippen molar-refractivity contribution in [3.05, 3.63) is 40.7 Å². The van der Waals surface area contributed by atoms with E-state index in [0.717, 1.165) is 19.2 Å². The van der Waals surface area contributed by atoms with Crippen molar-refractivity contribution in [3.8, 4) is 0 Å². The molecule has 2 aliphatic rings. The van der Waals surface area contributed by atoms with E-state index in [9.17, 15) is 19.1 Å². The number of aliphatic hydroxyl groups is 1. The van der Waals surface area contributed by atoms with Crippen molar-refractivity contribution in [2.24, 2.45) is 0 Å². The summed E-state index contributed by atoms with van der Waals surface area (Å²) in [6, 6.07) is 2.32. The fourth-order valence-corrected chi connectivity index (χ4v) is 2.87. The Morgan fingerprint density at radius 3 is 2.76 bits per heavy atom. The zero-order chi connectivity index (χ0) is 18.0. The number of halogens is 1. The highest BCUT2D eigenvalue weighted by molar-refractivity contribution is 6.25. The van der Waals surface area contributed by atoms with Crippen LogP contribution in [-0.2, 0) is 9.53 Å². The molecular formula is C17H19FN2O5. The van der Waals surface area contributed by atoms with Crippen LogP contribution in [0.15, 0.2) is 23.8 Å². The van der Waals surface area contributed by atoms with Crippen LogP contribution in [0.2, 0.25) is 0 Å². The van der Waals surface area contributed by atoms with Crippen LogP contribution in [0, 0.1) is 5.82 Å². The molecule has 1 aromatic rings. The van der Waals surface area contributed by atoms with Crippen molar-refractivity contribution in [2.75, 3.05) is 44.8 Å². The minimum Gasteiger partial charge on any atom is -0.478 e. The van der Waals surface area contributed by atoms with Crippen molar-refractivity contribution in [1.82, 2.24) is 4.90 Å². The first kappa shape index (κ1) is 17.5. The van der Waals surface area contributed by atoms with Crippen LogP contribution in [-0.4, -0.2) is 66.3 Å². The lowest BCUT2D eigenvalue weighted by Gasteiger charge is -2.24. The number of ether oxygens (including phenoxy) is 1. The third-order valence-electron chi connectivity index (χ3n) is 4.17. The summed E-state index contributed by atoms with van der Waals surface area (Å²) in [6.07, 6.45) is 1.44. The third kappa shape index (κ3) is 3.71. The van der Waals surface area contributed by atoms with Gasteiger partial charge >= 0.3 is 5.97 Å². The first-order chi connectivity index (χ1) is 12.0. The van der Waals surface area contributed by atoms with Crippen LogP contribution in [0.4, 0.5) is 10.1 Å². The van der Waals surface area contributed by atoms with Gasteiger partial charge in [0, 0.05) is 25.2 Å². The predicted octanol–water partition coefficient (Wildman–Crippen LogP) is 0.810. The number of hydrogen-bond donors (Lipinski definition) is 3. The van der Waals surface area contributed by atoms with Crippen LogP contribution in [0.3, 0.4) is 0 Å². The number of nitrogens with zero attached hydrogens (tertiary/aromatic N) is 1. The van der Waals surface area contributed by atoms with E-state index in [-0.39, 0.29) is 36.1 Å². The normalized spacial score (nSPS) is 19.4. The summed E-state index contributed by atoms with van der Waals surface area (Å²) in [5, 5.41) is 20.8. The first-order valence-corrected chi connectivity index (χ1v) is 8.02. The Hall–Kier alpha value is -2.29. The van der Waals surface area contributed by atoms with Crippen LogP contribution in [0.5, 0.6) is 0 Å². The largest absolute Gasteiger partial charge is 0.478 e. The number of hydrogen-bond acceptors (Lipinski definition) is 6. The van der Waals surface area contributed by atoms with Gasteiger partial charge in [-0.3, -0.25) is 9.69 Å². The number of carboxylic acids is 1. The number of carboxylic acid groups (broad SMARTS) is 1. The second-order valence-corrected chi connectivity index (χ2v) is 5.88. The molecule has 0 amide bonds. The van der Waals surface area contributed by atoms with Crippen LogP contribution >= 0.6 is 0 Å². The molecule has 1 aliphatic heterocycles. The molecule has 7 nitrogen and oxygen atoms in total. The van der Waals surface area contributed by atoms with E-state index in [2.05, 4.69) is 5.32 Å². The number of rotatable bonds is 8. The number of benzene rings is 1. The van der Waals surface area contributed by atoms with Crippen molar-refractivity contribution < 1.29 is 28.9 Å². The lowest BCUT2D eigenvalue weighted by molar-refractivity contribution is -0.132. The number of Topliss-reactive ketones (excluding diaryl/α,β-unsaturated/α-hetero) is 1. The molecule has 3 N–H and O–H groups in total. The molecule has 1 aliphatic carbocycles. The lowest BCUT2D eigenvalue weighted by atomic mass is 9.86. The van der Waals surface area contributed by atoms with Crippen molar-refractivity contribution in [3.63, 3.8) is 0 Å². The molecule has 134 valence electrons. The molecule has 0 saturated carbocycles. The van der Waals surface area contributed by atoms with Gasteiger partial charge in [0.25, 0.3) is 0 Å². The summed E-state index contributed by atoms with van der Waals surface area (Å²) in [7, 11) is 0. The highest BCUT2D eigenvalue weighted by Gasteiger charge is 2.37. The van der Waals surface area contributed by atoms with E-state index >= 15 is 0 Å². The number of aliphatic hydroxyl groups excluding tert-OH is 1.